The molecule has 3 heterocycles. The second kappa shape index (κ2) is 12.1. The summed E-state index contributed by atoms with van der Waals surface area (Å²) in [4.78, 5) is 29.9. The number of amides is 1. The van der Waals surface area contributed by atoms with Gasteiger partial charge in [-0.05, 0) is 63.5 Å². The van der Waals surface area contributed by atoms with E-state index < -0.39 is 0 Å². The summed E-state index contributed by atoms with van der Waals surface area (Å²) in [7, 11) is 3.18. The van der Waals surface area contributed by atoms with E-state index >= 15 is 0 Å². The standard InChI is InChI=1S/C30H42N8O3/c1-40-24-15-19(16-25(17-24)41-2)29(39)37-13-11-22(12-14-37)33-27-26-28(38(18-32-26)23-5-3-4-6-23)36-30(35-27)34-21-9-7-20(31)8-10-21/h15-18,20-23H,3-14,31H2,1-2H3,(H2,33,34,35,36). The number of aromatic nitrogens is 4. The van der Waals surface area contributed by atoms with E-state index in [-0.39, 0.29) is 11.9 Å². The number of nitrogens with two attached hydrogens (primary N) is 1. The van der Waals surface area contributed by atoms with Gasteiger partial charge in [0.15, 0.2) is 17.0 Å². The summed E-state index contributed by atoms with van der Waals surface area (Å²) in [6, 6.07) is 6.54. The second-order valence-corrected chi connectivity index (χ2v) is 11.7. The van der Waals surface area contributed by atoms with Crippen LogP contribution in [0.25, 0.3) is 11.2 Å². The molecule has 3 fully saturated rings. The van der Waals surface area contributed by atoms with Crippen molar-refractivity contribution in [1.29, 1.82) is 0 Å². The minimum atomic E-state index is -0.0148. The van der Waals surface area contributed by atoms with Gasteiger partial charge >= 0.3 is 0 Å². The number of hydrogen-bond acceptors (Lipinski definition) is 9. The zero-order valence-corrected chi connectivity index (χ0v) is 24.1. The fraction of sp³-hybridized carbons (Fsp3) is 0.600. The summed E-state index contributed by atoms with van der Waals surface area (Å²) in [5.74, 6) is 2.62. The number of benzene rings is 1. The molecule has 0 unspecified atom stereocenters. The number of methoxy groups -OCH3 is 2. The first kappa shape index (κ1) is 27.6. The summed E-state index contributed by atoms with van der Waals surface area (Å²) < 4.78 is 13.0. The zero-order chi connectivity index (χ0) is 28.3. The van der Waals surface area contributed by atoms with Crippen molar-refractivity contribution in [2.24, 2.45) is 5.73 Å². The molecule has 2 aliphatic carbocycles. The normalized spacial score (nSPS) is 22.2. The Morgan fingerprint density at radius 3 is 2.20 bits per heavy atom. The molecule has 3 aliphatic rings. The Morgan fingerprint density at radius 1 is 0.878 bits per heavy atom. The van der Waals surface area contributed by atoms with Crippen molar-refractivity contribution < 1.29 is 14.3 Å². The highest BCUT2D eigenvalue weighted by molar-refractivity contribution is 5.95. The van der Waals surface area contributed by atoms with Crippen molar-refractivity contribution in [1.82, 2.24) is 24.4 Å². The fourth-order valence-electron chi connectivity index (χ4n) is 6.51. The number of carbonyl (C=O) groups excluding carboxylic acids is 1. The molecular weight excluding hydrogens is 520 g/mol. The lowest BCUT2D eigenvalue weighted by molar-refractivity contribution is 0.0717. The summed E-state index contributed by atoms with van der Waals surface area (Å²) in [5, 5.41) is 7.29. The lowest BCUT2D eigenvalue weighted by atomic mass is 9.92. The zero-order valence-electron chi connectivity index (χ0n) is 24.1. The second-order valence-electron chi connectivity index (χ2n) is 11.7. The van der Waals surface area contributed by atoms with Crippen LogP contribution in [0.5, 0.6) is 11.5 Å². The van der Waals surface area contributed by atoms with Gasteiger partial charge in [0, 0.05) is 48.9 Å². The predicted octanol–water partition coefficient (Wildman–Crippen LogP) is 4.36. The van der Waals surface area contributed by atoms with Crippen molar-refractivity contribution in [3.05, 3.63) is 30.1 Å². The molecule has 0 atom stereocenters. The van der Waals surface area contributed by atoms with Gasteiger partial charge in [-0.1, -0.05) is 12.8 Å². The molecule has 11 nitrogen and oxygen atoms in total. The smallest absolute Gasteiger partial charge is 0.254 e. The monoisotopic (exact) mass is 562 g/mol. The maximum atomic E-state index is 13.3. The lowest BCUT2D eigenvalue weighted by Gasteiger charge is -2.33. The first-order valence-electron chi connectivity index (χ1n) is 15.1. The van der Waals surface area contributed by atoms with Gasteiger partial charge < -0.3 is 35.3 Å². The van der Waals surface area contributed by atoms with Gasteiger partial charge in [0.1, 0.15) is 11.5 Å². The number of piperidine rings is 1. The number of imidazole rings is 1. The number of likely N-dealkylation sites (tertiary alicyclic amines) is 1. The maximum absolute atomic E-state index is 13.3. The van der Waals surface area contributed by atoms with Crippen LogP contribution in [-0.4, -0.2) is 75.8 Å². The quantitative estimate of drug-likeness (QED) is 0.366. The first-order valence-corrected chi connectivity index (χ1v) is 15.1. The van der Waals surface area contributed by atoms with Crippen LogP contribution in [0.3, 0.4) is 0 Å². The number of anilines is 2. The first-order chi connectivity index (χ1) is 20.0. The lowest BCUT2D eigenvalue weighted by Crippen LogP contribution is -2.42. The van der Waals surface area contributed by atoms with Crippen LogP contribution in [-0.2, 0) is 0 Å². The molecule has 1 amide bonds. The molecule has 0 bridgehead atoms. The van der Waals surface area contributed by atoms with Gasteiger partial charge in [0.2, 0.25) is 5.95 Å². The van der Waals surface area contributed by atoms with Crippen molar-refractivity contribution in [2.75, 3.05) is 37.9 Å². The van der Waals surface area contributed by atoms with Crippen molar-refractivity contribution >= 4 is 28.8 Å². The van der Waals surface area contributed by atoms with Gasteiger partial charge in [-0.25, -0.2) is 4.98 Å². The van der Waals surface area contributed by atoms with E-state index in [0.717, 1.165) is 68.3 Å². The molecule has 0 spiro atoms. The van der Waals surface area contributed by atoms with Crippen molar-refractivity contribution in [2.45, 2.75) is 88.4 Å². The summed E-state index contributed by atoms with van der Waals surface area (Å²) in [5.41, 5.74) is 8.42. The molecule has 220 valence electrons. The van der Waals surface area contributed by atoms with Crippen LogP contribution in [0.15, 0.2) is 24.5 Å². The van der Waals surface area contributed by atoms with Crippen LogP contribution in [0.4, 0.5) is 11.8 Å². The van der Waals surface area contributed by atoms with E-state index in [2.05, 4.69) is 15.2 Å². The highest BCUT2D eigenvalue weighted by Crippen LogP contribution is 2.34. The number of ether oxygens (including phenoxy) is 2. The summed E-state index contributed by atoms with van der Waals surface area (Å²) in [6.45, 7) is 1.29. The van der Waals surface area contributed by atoms with Gasteiger partial charge in [-0.15, -0.1) is 0 Å². The number of nitrogens with zero attached hydrogens (tertiary/aromatic N) is 5. The Hall–Kier alpha value is -3.60. The molecule has 2 saturated carbocycles. The molecular formula is C30H42N8O3. The Bertz CT molecular complexity index is 1330. The number of fused-ring (bicyclic) bond motifs is 1. The van der Waals surface area contributed by atoms with Crippen LogP contribution >= 0.6 is 0 Å². The number of carbonyl (C=O) groups is 1. The van der Waals surface area contributed by atoms with Crippen LogP contribution in [0, 0.1) is 0 Å². The van der Waals surface area contributed by atoms with Crippen molar-refractivity contribution in [3.63, 3.8) is 0 Å². The molecule has 1 aliphatic heterocycles. The molecule has 6 rings (SSSR count). The minimum Gasteiger partial charge on any atom is -0.497 e. The van der Waals surface area contributed by atoms with Crippen LogP contribution < -0.4 is 25.8 Å². The highest BCUT2D eigenvalue weighted by atomic mass is 16.5. The average Bonchev–Trinajstić information content (AvgIpc) is 3.68. The molecule has 4 N–H and O–H groups in total. The van der Waals surface area contributed by atoms with Crippen LogP contribution in [0.2, 0.25) is 0 Å². The third-order valence-corrected chi connectivity index (χ3v) is 8.97. The van der Waals surface area contributed by atoms with E-state index in [1.54, 1.807) is 32.4 Å². The third-order valence-electron chi connectivity index (χ3n) is 8.97. The molecule has 1 aromatic carbocycles. The fourth-order valence-corrected chi connectivity index (χ4v) is 6.51. The Morgan fingerprint density at radius 2 is 1.54 bits per heavy atom. The predicted molar refractivity (Wildman–Crippen MR) is 159 cm³/mol. The third kappa shape index (κ3) is 6.05. The topological polar surface area (TPSA) is 132 Å². The van der Waals surface area contributed by atoms with E-state index in [4.69, 9.17) is 30.2 Å². The Labute approximate surface area is 241 Å². The number of rotatable bonds is 8. The molecule has 2 aromatic heterocycles. The van der Waals surface area contributed by atoms with E-state index in [1.807, 2.05) is 11.2 Å². The molecule has 11 heteroatoms. The molecule has 3 aromatic rings. The maximum Gasteiger partial charge on any atom is 0.254 e. The van der Waals surface area contributed by atoms with E-state index in [0.29, 0.717) is 54.2 Å². The van der Waals surface area contributed by atoms with Gasteiger partial charge in [-0.2, -0.15) is 9.97 Å². The Balaban J connectivity index is 1.18. The van der Waals surface area contributed by atoms with Gasteiger partial charge in [0.05, 0.1) is 20.5 Å². The largest absolute Gasteiger partial charge is 0.497 e. The summed E-state index contributed by atoms with van der Waals surface area (Å²) in [6.07, 6.45) is 12.5. The molecule has 1 saturated heterocycles. The number of hydrogen-bond donors (Lipinski definition) is 3. The SMILES string of the molecule is COc1cc(OC)cc(C(=O)N2CCC(Nc3nc(NC4CCC(N)CC4)nc4c3ncn4C3CCCC3)CC2)c1. The molecule has 41 heavy (non-hydrogen) atoms. The van der Waals surface area contributed by atoms with Gasteiger partial charge in [-0.3, -0.25) is 4.79 Å². The number of nitrogens with one attached hydrogen (secondary N) is 2. The van der Waals surface area contributed by atoms with E-state index in [1.165, 1.54) is 12.8 Å². The van der Waals surface area contributed by atoms with Crippen molar-refractivity contribution in [3.8, 4) is 11.5 Å². The highest BCUT2D eigenvalue weighted by Gasteiger charge is 2.28. The minimum absolute atomic E-state index is 0.0148. The van der Waals surface area contributed by atoms with Crippen LogP contribution in [0.1, 0.15) is 80.6 Å². The average molecular weight is 563 g/mol. The Kier molecular flexibility index (Phi) is 8.13. The van der Waals surface area contributed by atoms with E-state index in [9.17, 15) is 4.79 Å². The van der Waals surface area contributed by atoms with Gasteiger partial charge in [0.25, 0.3) is 5.91 Å². The summed E-state index contributed by atoms with van der Waals surface area (Å²) >= 11 is 0. The molecule has 0 radical (unpaired) electrons.